The SMILES string of the molecule is CCCC1NC2(CCCC2)C(=O)N1C. The van der Waals surface area contributed by atoms with Crippen molar-refractivity contribution in [3.8, 4) is 0 Å². The fourth-order valence-electron chi connectivity index (χ4n) is 2.83. The van der Waals surface area contributed by atoms with Crippen molar-refractivity contribution in [2.45, 2.75) is 57.2 Å². The van der Waals surface area contributed by atoms with Crippen molar-refractivity contribution in [1.29, 1.82) is 0 Å². The lowest BCUT2D eigenvalue weighted by atomic mass is 9.98. The molecule has 0 aromatic rings. The van der Waals surface area contributed by atoms with E-state index in [2.05, 4.69) is 12.2 Å². The van der Waals surface area contributed by atoms with Crippen molar-refractivity contribution in [3.63, 3.8) is 0 Å². The number of hydrogen-bond donors (Lipinski definition) is 1. The van der Waals surface area contributed by atoms with Gasteiger partial charge in [-0.15, -0.1) is 0 Å². The van der Waals surface area contributed by atoms with E-state index in [9.17, 15) is 4.79 Å². The molecule has 1 aliphatic carbocycles. The van der Waals surface area contributed by atoms with Crippen LogP contribution in [0.3, 0.4) is 0 Å². The third-order valence-electron chi connectivity index (χ3n) is 3.66. The Morgan fingerprint density at radius 3 is 2.71 bits per heavy atom. The highest BCUT2D eigenvalue weighted by Crippen LogP contribution is 2.36. The molecule has 1 aliphatic heterocycles. The minimum atomic E-state index is -0.172. The van der Waals surface area contributed by atoms with Crippen LogP contribution in [0.25, 0.3) is 0 Å². The molecule has 1 heterocycles. The van der Waals surface area contributed by atoms with Crippen molar-refractivity contribution >= 4 is 5.91 Å². The molecule has 1 N–H and O–H groups in total. The predicted octanol–water partition coefficient (Wildman–Crippen LogP) is 1.49. The Balaban J connectivity index is 2.12. The smallest absolute Gasteiger partial charge is 0.243 e. The highest BCUT2D eigenvalue weighted by atomic mass is 16.2. The van der Waals surface area contributed by atoms with Gasteiger partial charge in [0.2, 0.25) is 5.91 Å². The Hall–Kier alpha value is -0.570. The van der Waals surface area contributed by atoms with Crippen LogP contribution >= 0.6 is 0 Å². The zero-order chi connectivity index (χ0) is 10.2. The number of nitrogens with one attached hydrogen (secondary N) is 1. The first kappa shape index (κ1) is 9.97. The van der Waals surface area contributed by atoms with Crippen LogP contribution < -0.4 is 5.32 Å². The average molecular weight is 196 g/mol. The Kier molecular flexibility index (Phi) is 2.52. The molecule has 1 unspecified atom stereocenters. The lowest BCUT2D eigenvalue weighted by molar-refractivity contribution is -0.131. The maximum atomic E-state index is 12.1. The second kappa shape index (κ2) is 3.54. The Labute approximate surface area is 85.8 Å². The Morgan fingerprint density at radius 1 is 1.50 bits per heavy atom. The number of nitrogens with zero attached hydrogens (tertiary/aromatic N) is 1. The summed E-state index contributed by atoms with van der Waals surface area (Å²) in [5.41, 5.74) is -0.172. The van der Waals surface area contributed by atoms with Crippen molar-refractivity contribution < 1.29 is 4.79 Å². The van der Waals surface area contributed by atoms with Gasteiger partial charge in [0.15, 0.2) is 0 Å². The van der Waals surface area contributed by atoms with Gasteiger partial charge in [-0.1, -0.05) is 26.2 Å². The standard InChI is InChI=1S/C11H20N2O/c1-3-6-9-12-11(7-4-5-8-11)10(14)13(9)2/h9,12H,3-8H2,1-2H3. The first-order valence-electron chi connectivity index (χ1n) is 5.74. The fourth-order valence-corrected chi connectivity index (χ4v) is 2.83. The van der Waals surface area contributed by atoms with E-state index in [4.69, 9.17) is 0 Å². The maximum absolute atomic E-state index is 12.1. The Morgan fingerprint density at radius 2 is 2.14 bits per heavy atom. The third kappa shape index (κ3) is 1.34. The monoisotopic (exact) mass is 196 g/mol. The molecule has 1 saturated carbocycles. The first-order valence-corrected chi connectivity index (χ1v) is 5.74. The quantitative estimate of drug-likeness (QED) is 0.725. The van der Waals surface area contributed by atoms with Crippen LogP contribution in [0, 0.1) is 0 Å². The minimum absolute atomic E-state index is 0.172. The summed E-state index contributed by atoms with van der Waals surface area (Å²) >= 11 is 0. The molecule has 0 radical (unpaired) electrons. The summed E-state index contributed by atoms with van der Waals surface area (Å²) in [6, 6.07) is 0. The van der Waals surface area contributed by atoms with Crippen molar-refractivity contribution in [2.24, 2.45) is 0 Å². The third-order valence-corrected chi connectivity index (χ3v) is 3.66. The highest BCUT2D eigenvalue weighted by molar-refractivity contribution is 5.88. The molecule has 1 spiro atoms. The molecule has 1 amide bonds. The van der Waals surface area contributed by atoms with Gasteiger partial charge in [-0.2, -0.15) is 0 Å². The number of likely N-dealkylation sites (N-methyl/N-ethyl adjacent to an activating group) is 1. The van der Waals surface area contributed by atoms with Gasteiger partial charge in [0.1, 0.15) is 0 Å². The molecule has 1 atom stereocenters. The molecule has 2 rings (SSSR count). The van der Waals surface area contributed by atoms with Gasteiger partial charge in [0, 0.05) is 7.05 Å². The number of amides is 1. The molecule has 0 bridgehead atoms. The van der Waals surface area contributed by atoms with Gasteiger partial charge >= 0.3 is 0 Å². The van der Waals surface area contributed by atoms with Gasteiger partial charge < -0.3 is 4.90 Å². The van der Waals surface area contributed by atoms with Crippen molar-refractivity contribution in [1.82, 2.24) is 10.2 Å². The zero-order valence-electron chi connectivity index (χ0n) is 9.18. The molecule has 0 aromatic heterocycles. The lowest BCUT2D eigenvalue weighted by Crippen LogP contribution is -2.44. The molecule has 1 saturated heterocycles. The van der Waals surface area contributed by atoms with Crippen LogP contribution in [0.15, 0.2) is 0 Å². The maximum Gasteiger partial charge on any atom is 0.243 e. The van der Waals surface area contributed by atoms with Gasteiger partial charge in [-0.05, 0) is 19.3 Å². The summed E-state index contributed by atoms with van der Waals surface area (Å²) < 4.78 is 0. The molecule has 14 heavy (non-hydrogen) atoms. The van der Waals surface area contributed by atoms with Crippen LogP contribution in [0.2, 0.25) is 0 Å². The van der Waals surface area contributed by atoms with Crippen LogP contribution in [-0.4, -0.2) is 29.6 Å². The average Bonchev–Trinajstić information content (AvgIpc) is 2.71. The second-order valence-corrected chi connectivity index (χ2v) is 4.65. The molecule has 0 aromatic carbocycles. The summed E-state index contributed by atoms with van der Waals surface area (Å²) in [7, 11) is 1.93. The summed E-state index contributed by atoms with van der Waals surface area (Å²) in [5, 5.41) is 3.54. The highest BCUT2D eigenvalue weighted by Gasteiger charge is 2.50. The molecule has 80 valence electrons. The normalized spacial score (nSPS) is 30.6. The summed E-state index contributed by atoms with van der Waals surface area (Å²) in [6.07, 6.45) is 6.96. The van der Waals surface area contributed by atoms with Crippen molar-refractivity contribution in [3.05, 3.63) is 0 Å². The van der Waals surface area contributed by atoms with E-state index in [1.54, 1.807) is 0 Å². The first-order chi connectivity index (χ1) is 6.69. The largest absolute Gasteiger partial charge is 0.329 e. The van der Waals surface area contributed by atoms with E-state index < -0.39 is 0 Å². The fraction of sp³-hybridized carbons (Fsp3) is 0.909. The number of rotatable bonds is 2. The van der Waals surface area contributed by atoms with Crippen LogP contribution in [0.4, 0.5) is 0 Å². The lowest BCUT2D eigenvalue weighted by Gasteiger charge is -2.20. The van der Waals surface area contributed by atoms with Gasteiger partial charge in [-0.3, -0.25) is 10.1 Å². The number of hydrogen-bond acceptors (Lipinski definition) is 2. The van der Waals surface area contributed by atoms with Crippen LogP contribution in [0.1, 0.15) is 45.4 Å². The molecule has 3 heteroatoms. The Bertz CT molecular complexity index is 233. The summed E-state index contributed by atoms with van der Waals surface area (Å²) in [5.74, 6) is 0.327. The number of carbonyl (C=O) groups excluding carboxylic acids is 1. The predicted molar refractivity (Wildman–Crippen MR) is 55.8 cm³/mol. The van der Waals surface area contributed by atoms with E-state index >= 15 is 0 Å². The molecule has 2 aliphatic rings. The van der Waals surface area contributed by atoms with Crippen LogP contribution in [0.5, 0.6) is 0 Å². The van der Waals surface area contributed by atoms with E-state index in [0.717, 1.165) is 25.7 Å². The molecule has 2 fully saturated rings. The zero-order valence-corrected chi connectivity index (χ0v) is 9.18. The summed E-state index contributed by atoms with van der Waals surface area (Å²) in [6.45, 7) is 2.17. The van der Waals surface area contributed by atoms with E-state index in [1.807, 2.05) is 11.9 Å². The van der Waals surface area contributed by atoms with E-state index in [1.165, 1.54) is 12.8 Å². The van der Waals surface area contributed by atoms with Gasteiger partial charge in [0.25, 0.3) is 0 Å². The van der Waals surface area contributed by atoms with Gasteiger partial charge in [0.05, 0.1) is 11.7 Å². The van der Waals surface area contributed by atoms with E-state index in [0.29, 0.717) is 5.91 Å². The molecule has 3 nitrogen and oxygen atoms in total. The van der Waals surface area contributed by atoms with Gasteiger partial charge in [-0.25, -0.2) is 0 Å². The van der Waals surface area contributed by atoms with Crippen LogP contribution in [-0.2, 0) is 4.79 Å². The summed E-state index contributed by atoms with van der Waals surface area (Å²) in [4.78, 5) is 14.0. The topological polar surface area (TPSA) is 32.3 Å². The van der Waals surface area contributed by atoms with Crippen molar-refractivity contribution in [2.75, 3.05) is 7.05 Å². The molecular formula is C11H20N2O. The minimum Gasteiger partial charge on any atom is -0.329 e. The molecular weight excluding hydrogens is 176 g/mol. The van der Waals surface area contributed by atoms with E-state index in [-0.39, 0.29) is 11.7 Å². The second-order valence-electron chi connectivity index (χ2n) is 4.65. The number of carbonyl (C=O) groups is 1.